The SMILES string of the molecule is CCCCN1CCC(=C2c3ccc(S(C)(=O)=O)cc3CCc3cccnc32)CC1. The van der Waals surface area contributed by atoms with E-state index in [-0.39, 0.29) is 0 Å². The van der Waals surface area contributed by atoms with Crippen molar-refractivity contribution in [3.8, 4) is 0 Å². The van der Waals surface area contributed by atoms with Crippen LogP contribution >= 0.6 is 0 Å². The third kappa shape index (κ3) is 4.31. The fraction of sp³-hybridized carbons (Fsp3) is 0.458. The number of aromatic nitrogens is 1. The molecule has 0 N–H and O–H groups in total. The van der Waals surface area contributed by atoms with Gasteiger partial charge in [-0.3, -0.25) is 4.98 Å². The van der Waals surface area contributed by atoms with Gasteiger partial charge in [0.2, 0.25) is 0 Å². The molecule has 5 heteroatoms. The van der Waals surface area contributed by atoms with Crippen molar-refractivity contribution >= 4 is 15.4 Å². The van der Waals surface area contributed by atoms with Crippen molar-refractivity contribution in [2.45, 2.75) is 50.3 Å². The van der Waals surface area contributed by atoms with E-state index in [2.05, 4.69) is 17.9 Å². The number of hydrogen-bond acceptors (Lipinski definition) is 4. The van der Waals surface area contributed by atoms with E-state index < -0.39 is 9.84 Å². The maximum Gasteiger partial charge on any atom is 0.175 e. The highest BCUT2D eigenvalue weighted by molar-refractivity contribution is 7.90. The van der Waals surface area contributed by atoms with Crippen LogP contribution in [-0.2, 0) is 22.7 Å². The van der Waals surface area contributed by atoms with Gasteiger partial charge < -0.3 is 4.90 Å². The Bertz CT molecular complexity index is 1030. The first-order valence-electron chi connectivity index (χ1n) is 10.7. The minimum Gasteiger partial charge on any atom is -0.303 e. The fourth-order valence-electron chi connectivity index (χ4n) is 4.55. The van der Waals surface area contributed by atoms with Gasteiger partial charge in [-0.2, -0.15) is 0 Å². The summed E-state index contributed by atoms with van der Waals surface area (Å²) < 4.78 is 24.2. The van der Waals surface area contributed by atoms with Crippen LogP contribution < -0.4 is 0 Å². The normalized spacial score (nSPS) is 17.6. The zero-order valence-electron chi connectivity index (χ0n) is 17.4. The maximum atomic E-state index is 12.1. The van der Waals surface area contributed by atoms with Gasteiger partial charge in [0.05, 0.1) is 10.6 Å². The molecule has 0 bridgehead atoms. The molecule has 0 unspecified atom stereocenters. The number of likely N-dealkylation sites (tertiary alicyclic amines) is 1. The predicted octanol–water partition coefficient (Wildman–Crippen LogP) is 4.28. The summed E-state index contributed by atoms with van der Waals surface area (Å²) in [5.74, 6) is 0. The molecule has 4 nitrogen and oxygen atoms in total. The van der Waals surface area contributed by atoms with E-state index in [0.717, 1.165) is 50.0 Å². The van der Waals surface area contributed by atoms with Crippen LogP contribution in [0.3, 0.4) is 0 Å². The number of piperidine rings is 1. The van der Waals surface area contributed by atoms with Crippen LogP contribution in [0.15, 0.2) is 47.0 Å². The lowest BCUT2D eigenvalue weighted by Crippen LogP contribution is -2.32. The van der Waals surface area contributed by atoms with Crippen molar-refractivity contribution in [2.24, 2.45) is 0 Å². The Labute approximate surface area is 174 Å². The number of aryl methyl sites for hydroxylation is 2. The number of nitrogens with zero attached hydrogens (tertiary/aromatic N) is 2. The lowest BCUT2D eigenvalue weighted by molar-refractivity contribution is 0.253. The molecular weight excluding hydrogens is 380 g/mol. The molecule has 0 saturated carbocycles. The number of fused-ring (bicyclic) bond motifs is 2. The number of rotatable bonds is 4. The number of unbranched alkanes of at least 4 members (excludes halogenated alkanes) is 1. The molecule has 1 aromatic carbocycles. The molecule has 29 heavy (non-hydrogen) atoms. The van der Waals surface area contributed by atoms with Gasteiger partial charge in [-0.25, -0.2) is 8.42 Å². The van der Waals surface area contributed by atoms with E-state index in [1.165, 1.54) is 47.9 Å². The van der Waals surface area contributed by atoms with Gasteiger partial charge in [0, 0.05) is 31.1 Å². The first kappa shape index (κ1) is 20.3. The number of hydrogen-bond donors (Lipinski definition) is 0. The summed E-state index contributed by atoms with van der Waals surface area (Å²) in [7, 11) is -3.21. The number of pyridine rings is 1. The van der Waals surface area contributed by atoms with Crippen LogP contribution in [-0.4, -0.2) is 44.2 Å². The Kier molecular flexibility index (Phi) is 5.88. The summed E-state index contributed by atoms with van der Waals surface area (Å²) in [5, 5.41) is 0. The third-order valence-electron chi connectivity index (χ3n) is 6.21. The van der Waals surface area contributed by atoms with Crippen LogP contribution in [0.25, 0.3) is 5.57 Å². The van der Waals surface area contributed by atoms with E-state index in [4.69, 9.17) is 4.98 Å². The molecule has 0 radical (unpaired) electrons. The topological polar surface area (TPSA) is 50.3 Å². The summed E-state index contributed by atoms with van der Waals surface area (Å²) in [5.41, 5.74) is 7.38. The molecule has 0 spiro atoms. The molecule has 1 saturated heterocycles. The lowest BCUT2D eigenvalue weighted by atomic mass is 9.88. The average Bonchev–Trinajstić information content (AvgIpc) is 2.88. The van der Waals surface area contributed by atoms with Gasteiger partial charge >= 0.3 is 0 Å². The van der Waals surface area contributed by atoms with Crippen molar-refractivity contribution in [1.82, 2.24) is 9.88 Å². The Morgan fingerprint density at radius 2 is 1.79 bits per heavy atom. The molecule has 0 amide bonds. The zero-order valence-corrected chi connectivity index (χ0v) is 18.3. The molecule has 1 aliphatic heterocycles. The second kappa shape index (κ2) is 8.41. The van der Waals surface area contributed by atoms with E-state index in [0.29, 0.717) is 4.90 Å². The van der Waals surface area contributed by atoms with Crippen molar-refractivity contribution < 1.29 is 8.42 Å². The molecule has 1 aromatic heterocycles. The molecule has 1 aliphatic carbocycles. The van der Waals surface area contributed by atoms with E-state index in [9.17, 15) is 8.42 Å². The second-order valence-corrected chi connectivity index (χ2v) is 10.3. The molecular formula is C24H30N2O2S. The largest absolute Gasteiger partial charge is 0.303 e. The summed E-state index contributed by atoms with van der Waals surface area (Å²) in [6, 6.07) is 9.84. The summed E-state index contributed by atoms with van der Waals surface area (Å²) in [4.78, 5) is 7.76. The van der Waals surface area contributed by atoms with Crippen LogP contribution in [0.2, 0.25) is 0 Å². The van der Waals surface area contributed by atoms with Crippen molar-refractivity contribution in [2.75, 3.05) is 25.9 Å². The summed E-state index contributed by atoms with van der Waals surface area (Å²) in [6.07, 6.45) is 9.51. The highest BCUT2D eigenvalue weighted by atomic mass is 32.2. The molecule has 4 rings (SSSR count). The molecule has 1 fully saturated rings. The van der Waals surface area contributed by atoms with Crippen LogP contribution in [0.5, 0.6) is 0 Å². The fourth-order valence-corrected chi connectivity index (χ4v) is 5.22. The standard InChI is InChI=1S/C24H30N2O2S/c1-3-4-14-26-15-11-18(12-16-26)23-22-10-9-21(29(2,27)28)17-20(22)8-7-19-6-5-13-25-24(19)23/h5-6,9-10,13,17H,3-4,7-8,11-12,14-16H2,1-2H3. The minimum absolute atomic E-state index is 0.411. The second-order valence-electron chi connectivity index (χ2n) is 8.28. The lowest BCUT2D eigenvalue weighted by Gasteiger charge is -2.30. The Morgan fingerprint density at radius 3 is 2.52 bits per heavy atom. The number of benzene rings is 1. The Balaban J connectivity index is 1.79. The predicted molar refractivity (Wildman–Crippen MR) is 118 cm³/mol. The van der Waals surface area contributed by atoms with Gasteiger partial charge in [-0.05, 0) is 73.5 Å². The van der Waals surface area contributed by atoms with Crippen LogP contribution in [0, 0.1) is 0 Å². The minimum atomic E-state index is -3.21. The van der Waals surface area contributed by atoms with Gasteiger partial charge in [-0.15, -0.1) is 0 Å². The molecule has 2 aromatic rings. The monoisotopic (exact) mass is 410 g/mol. The first-order valence-corrected chi connectivity index (χ1v) is 12.6. The molecule has 2 aliphatic rings. The maximum absolute atomic E-state index is 12.1. The molecule has 0 atom stereocenters. The average molecular weight is 411 g/mol. The van der Waals surface area contributed by atoms with Crippen molar-refractivity contribution in [3.63, 3.8) is 0 Å². The van der Waals surface area contributed by atoms with E-state index in [1.54, 1.807) is 6.07 Å². The number of sulfone groups is 1. The van der Waals surface area contributed by atoms with Crippen molar-refractivity contribution in [1.29, 1.82) is 0 Å². The molecule has 154 valence electrons. The molecule has 2 heterocycles. The Hall–Kier alpha value is -1.98. The van der Waals surface area contributed by atoms with E-state index in [1.807, 2.05) is 24.4 Å². The first-order chi connectivity index (χ1) is 14.0. The van der Waals surface area contributed by atoms with Gasteiger partial charge in [0.1, 0.15) is 0 Å². The third-order valence-corrected chi connectivity index (χ3v) is 7.32. The van der Waals surface area contributed by atoms with Crippen LogP contribution in [0.1, 0.15) is 55.0 Å². The zero-order chi connectivity index (χ0) is 20.4. The summed E-state index contributed by atoms with van der Waals surface area (Å²) in [6.45, 7) is 5.62. The smallest absolute Gasteiger partial charge is 0.175 e. The van der Waals surface area contributed by atoms with Gasteiger partial charge in [0.25, 0.3) is 0 Å². The van der Waals surface area contributed by atoms with Gasteiger partial charge in [-0.1, -0.05) is 31.1 Å². The highest BCUT2D eigenvalue weighted by Gasteiger charge is 2.25. The van der Waals surface area contributed by atoms with Crippen molar-refractivity contribution in [3.05, 3.63) is 64.5 Å². The van der Waals surface area contributed by atoms with Crippen LogP contribution in [0.4, 0.5) is 0 Å². The van der Waals surface area contributed by atoms with E-state index >= 15 is 0 Å². The quantitative estimate of drug-likeness (QED) is 0.755. The Morgan fingerprint density at radius 1 is 1.03 bits per heavy atom. The van der Waals surface area contributed by atoms with Gasteiger partial charge in [0.15, 0.2) is 9.84 Å². The highest BCUT2D eigenvalue weighted by Crippen LogP contribution is 2.38. The summed E-state index contributed by atoms with van der Waals surface area (Å²) >= 11 is 0.